The van der Waals surface area contributed by atoms with Crippen molar-refractivity contribution in [3.05, 3.63) is 68.4 Å². The molecule has 3 aromatic rings. The van der Waals surface area contributed by atoms with Crippen molar-refractivity contribution in [1.82, 2.24) is 14.0 Å². The quantitative estimate of drug-likeness (QED) is 0.424. The minimum Gasteiger partial charge on any atom is -0.387 e. The number of hydrogen-bond acceptors (Lipinski definition) is 7. The molecule has 40 heavy (non-hydrogen) atoms. The first kappa shape index (κ1) is 29.0. The van der Waals surface area contributed by atoms with Gasteiger partial charge < -0.3 is 10.6 Å². The second-order valence-electron chi connectivity index (χ2n) is 10.2. The van der Waals surface area contributed by atoms with Gasteiger partial charge in [-0.2, -0.15) is 0 Å². The van der Waals surface area contributed by atoms with Crippen LogP contribution in [0.2, 0.25) is 0 Å². The van der Waals surface area contributed by atoms with Crippen LogP contribution < -0.4 is 17.0 Å². The summed E-state index contributed by atoms with van der Waals surface area (Å²) in [6, 6.07) is 10.8. The lowest BCUT2D eigenvalue weighted by Gasteiger charge is -2.22. The molecule has 0 saturated carbocycles. The van der Waals surface area contributed by atoms with Crippen LogP contribution in [0.4, 0.5) is 5.69 Å². The van der Waals surface area contributed by atoms with Gasteiger partial charge in [0, 0.05) is 50.5 Å². The number of fused-ring (bicyclic) bond motifs is 2. The van der Waals surface area contributed by atoms with Crippen molar-refractivity contribution in [1.29, 1.82) is 0 Å². The Labute approximate surface area is 233 Å². The molecular formula is C29H35N5O5S. The molecule has 1 amide bonds. The summed E-state index contributed by atoms with van der Waals surface area (Å²) in [5, 5.41) is 0.311. The first-order chi connectivity index (χ1) is 18.9. The van der Waals surface area contributed by atoms with Gasteiger partial charge >= 0.3 is 5.69 Å². The van der Waals surface area contributed by atoms with Crippen molar-refractivity contribution in [2.45, 2.75) is 39.7 Å². The molecular weight excluding hydrogens is 530 g/mol. The van der Waals surface area contributed by atoms with Gasteiger partial charge in [-0.1, -0.05) is 32.0 Å². The SMILES string of the molecule is CCCN(CCC)C(=O)C1=Cc2ccc(-c3ccc4c(=O)n(CCS(C)(=O)=O)c(=O)n(C)c4c3)cc2N=C(N)C1. The lowest BCUT2D eigenvalue weighted by atomic mass is 10.00. The molecule has 0 atom stereocenters. The van der Waals surface area contributed by atoms with Gasteiger partial charge in [0.05, 0.1) is 22.3 Å². The summed E-state index contributed by atoms with van der Waals surface area (Å²) < 4.78 is 25.5. The van der Waals surface area contributed by atoms with Crippen LogP contribution in [0.3, 0.4) is 0 Å². The van der Waals surface area contributed by atoms with Crippen molar-refractivity contribution in [3.8, 4) is 11.1 Å². The Balaban J connectivity index is 1.74. The predicted octanol–water partition coefficient (Wildman–Crippen LogP) is 2.84. The van der Waals surface area contributed by atoms with Gasteiger partial charge in [-0.15, -0.1) is 0 Å². The fourth-order valence-electron chi connectivity index (χ4n) is 4.91. The third kappa shape index (κ3) is 6.09. The van der Waals surface area contributed by atoms with Crippen LogP contribution >= 0.6 is 0 Å². The molecule has 0 bridgehead atoms. The fourth-order valence-corrected chi connectivity index (χ4v) is 5.42. The number of aromatic nitrogens is 2. The highest BCUT2D eigenvalue weighted by atomic mass is 32.2. The lowest BCUT2D eigenvalue weighted by Crippen LogP contribution is -2.40. The van der Waals surface area contributed by atoms with Gasteiger partial charge in [0.25, 0.3) is 5.56 Å². The minimum atomic E-state index is -3.35. The Kier molecular flexibility index (Phi) is 8.43. The van der Waals surface area contributed by atoms with Crippen LogP contribution in [-0.2, 0) is 28.2 Å². The van der Waals surface area contributed by atoms with Gasteiger partial charge in [-0.25, -0.2) is 18.2 Å². The number of amidine groups is 1. The number of aryl methyl sites for hydroxylation is 1. The molecule has 1 aliphatic heterocycles. The van der Waals surface area contributed by atoms with Gasteiger partial charge in [0.15, 0.2) is 0 Å². The molecule has 0 radical (unpaired) electrons. The van der Waals surface area contributed by atoms with Crippen LogP contribution in [0.5, 0.6) is 0 Å². The van der Waals surface area contributed by atoms with E-state index in [1.54, 1.807) is 25.2 Å². The molecule has 2 heterocycles. The summed E-state index contributed by atoms with van der Waals surface area (Å²) in [7, 11) is -1.80. The molecule has 1 aromatic heterocycles. The Bertz CT molecular complexity index is 1760. The maximum absolute atomic E-state index is 13.3. The number of aliphatic imine (C=N–C) groups is 1. The van der Waals surface area contributed by atoms with E-state index in [1.807, 2.05) is 43.0 Å². The smallest absolute Gasteiger partial charge is 0.331 e. The number of rotatable bonds is 9. The molecule has 2 N–H and O–H groups in total. The Morgan fingerprint density at radius 2 is 1.70 bits per heavy atom. The van der Waals surface area contributed by atoms with E-state index in [-0.39, 0.29) is 24.6 Å². The third-order valence-electron chi connectivity index (χ3n) is 6.92. The highest BCUT2D eigenvalue weighted by Gasteiger charge is 2.21. The number of carbonyl (C=O) groups is 1. The maximum atomic E-state index is 13.3. The fraction of sp³-hybridized carbons (Fsp3) is 0.379. The zero-order valence-electron chi connectivity index (χ0n) is 23.3. The van der Waals surface area contributed by atoms with E-state index in [4.69, 9.17) is 5.73 Å². The normalized spacial score (nSPS) is 13.4. The van der Waals surface area contributed by atoms with E-state index in [1.165, 1.54) is 4.57 Å². The first-order valence-electron chi connectivity index (χ1n) is 13.3. The van der Waals surface area contributed by atoms with E-state index < -0.39 is 21.1 Å². The summed E-state index contributed by atoms with van der Waals surface area (Å²) in [4.78, 5) is 45.6. The van der Waals surface area contributed by atoms with Gasteiger partial charge in [0.2, 0.25) is 5.91 Å². The Morgan fingerprint density at radius 1 is 1.05 bits per heavy atom. The molecule has 4 rings (SSSR count). The molecule has 0 fully saturated rings. The maximum Gasteiger partial charge on any atom is 0.331 e. The second-order valence-corrected chi connectivity index (χ2v) is 12.4. The molecule has 0 saturated heterocycles. The number of sulfone groups is 1. The van der Waals surface area contributed by atoms with Crippen molar-refractivity contribution in [2.75, 3.05) is 25.1 Å². The second kappa shape index (κ2) is 11.6. The number of carbonyl (C=O) groups excluding carboxylic acids is 1. The van der Waals surface area contributed by atoms with Crippen molar-refractivity contribution in [2.24, 2.45) is 17.8 Å². The molecule has 10 nitrogen and oxygen atoms in total. The third-order valence-corrected chi connectivity index (χ3v) is 7.84. The van der Waals surface area contributed by atoms with E-state index >= 15 is 0 Å². The van der Waals surface area contributed by atoms with Crippen molar-refractivity contribution in [3.63, 3.8) is 0 Å². The number of nitrogens with two attached hydrogens (primary N) is 1. The highest BCUT2D eigenvalue weighted by molar-refractivity contribution is 7.90. The standard InChI is InChI=1S/C29H35N5O5S/c1-5-11-33(12-6-2)27(35)22-15-21-8-7-19(16-24(21)31-26(30)18-22)20-9-10-23-25(17-20)32(3)29(37)34(28(23)36)13-14-40(4,38)39/h7-10,15-17H,5-6,11-14,18H2,1-4H3,(H2,30,31). The summed E-state index contributed by atoms with van der Waals surface area (Å²) in [5.74, 6) is 0.0111. The minimum absolute atomic E-state index is 0.0311. The largest absolute Gasteiger partial charge is 0.387 e. The number of nitrogens with zero attached hydrogens (tertiary/aromatic N) is 4. The molecule has 1 aliphatic rings. The van der Waals surface area contributed by atoms with Crippen LogP contribution in [0, 0.1) is 0 Å². The topological polar surface area (TPSA) is 137 Å². The molecule has 0 unspecified atom stereocenters. The van der Waals surface area contributed by atoms with Gasteiger partial charge in [0.1, 0.15) is 15.7 Å². The van der Waals surface area contributed by atoms with Crippen LogP contribution in [0.25, 0.3) is 28.1 Å². The summed E-state index contributed by atoms with van der Waals surface area (Å²) >= 11 is 0. The van der Waals surface area contributed by atoms with Crippen LogP contribution in [0.1, 0.15) is 38.7 Å². The van der Waals surface area contributed by atoms with E-state index in [0.29, 0.717) is 41.1 Å². The van der Waals surface area contributed by atoms with E-state index in [0.717, 1.165) is 40.4 Å². The van der Waals surface area contributed by atoms with E-state index in [9.17, 15) is 22.8 Å². The van der Waals surface area contributed by atoms with Gasteiger partial charge in [-0.05, 0) is 48.2 Å². The van der Waals surface area contributed by atoms with Crippen LogP contribution in [-0.4, -0.2) is 59.3 Å². The monoisotopic (exact) mass is 565 g/mol. The molecule has 0 aliphatic carbocycles. The van der Waals surface area contributed by atoms with E-state index in [2.05, 4.69) is 4.99 Å². The molecule has 11 heteroatoms. The van der Waals surface area contributed by atoms with Gasteiger partial charge in [-0.3, -0.25) is 18.7 Å². The molecule has 212 valence electrons. The molecule has 0 spiro atoms. The first-order valence-corrected chi connectivity index (χ1v) is 15.4. The Hall–Kier alpha value is -3.99. The summed E-state index contributed by atoms with van der Waals surface area (Å²) in [6.07, 6.45) is 4.92. The summed E-state index contributed by atoms with van der Waals surface area (Å²) in [6.45, 7) is 5.24. The van der Waals surface area contributed by atoms with Crippen molar-refractivity contribution >= 4 is 44.2 Å². The zero-order chi connectivity index (χ0) is 29.2. The van der Waals surface area contributed by atoms with Crippen molar-refractivity contribution < 1.29 is 13.2 Å². The number of hydrogen-bond donors (Lipinski definition) is 1. The highest BCUT2D eigenvalue weighted by Crippen LogP contribution is 2.33. The Morgan fingerprint density at radius 3 is 2.35 bits per heavy atom. The number of amides is 1. The van der Waals surface area contributed by atoms with Crippen LogP contribution in [0.15, 0.2) is 56.6 Å². The number of benzene rings is 2. The average molecular weight is 566 g/mol. The predicted molar refractivity (Wildman–Crippen MR) is 160 cm³/mol. The lowest BCUT2D eigenvalue weighted by molar-refractivity contribution is -0.127. The average Bonchev–Trinajstić information content (AvgIpc) is 3.07. The molecule has 2 aromatic carbocycles. The zero-order valence-corrected chi connectivity index (χ0v) is 24.1. The summed E-state index contributed by atoms with van der Waals surface area (Å²) in [5.41, 5.74) is 9.11.